The van der Waals surface area contributed by atoms with E-state index in [1.54, 1.807) is 60.7 Å². The van der Waals surface area contributed by atoms with E-state index >= 15 is 0 Å². The van der Waals surface area contributed by atoms with Crippen molar-refractivity contribution in [2.45, 2.75) is 42.8 Å². The number of rotatable bonds is 8. The molecule has 0 saturated heterocycles. The molecule has 0 fully saturated rings. The monoisotopic (exact) mass is 1030 g/mol. The van der Waals surface area contributed by atoms with Gasteiger partial charge in [0.1, 0.15) is 11.6 Å². The van der Waals surface area contributed by atoms with Crippen LogP contribution in [0, 0.1) is 11.6 Å². The molecule has 2 aliphatic rings. The van der Waals surface area contributed by atoms with Crippen LogP contribution in [0.5, 0.6) is 0 Å². The first-order valence-electron chi connectivity index (χ1n) is 19.3. The van der Waals surface area contributed by atoms with Gasteiger partial charge in [0.25, 0.3) is 16.4 Å². The van der Waals surface area contributed by atoms with Gasteiger partial charge in [-0.1, -0.05) is 111 Å². The van der Waals surface area contributed by atoms with Crippen LogP contribution in [0.25, 0.3) is 0 Å². The largest absolute Gasteiger partial charge is 0.435 e. The van der Waals surface area contributed by atoms with Crippen molar-refractivity contribution in [2.24, 2.45) is 10.3 Å². The molecule has 6 aromatic rings. The highest BCUT2D eigenvalue weighted by Gasteiger charge is 2.63. The molecule has 20 heteroatoms. The minimum atomic E-state index is -4.81. The summed E-state index contributed by atoms with van der Waals surface area (Å²) >= 11 is 28.6. The summed E-state index contributed by atoms with van der Waals surface area (Å²) in [5.74, 6) is -1.67. The number of Topliss-reactive ketones (excluding diaryl/α,β-unsaturated/α-hetero) is 1. The Bertz CT molecular complexity index is 2860. The van der Waals surface area contributed by atoms with Crippen molar-refractivity contribution in [3.8, 4) is 0 Å². The highest BCUT2D eigenvalue weighted by atomic mass is 35.5. The van der Waals surface area contributed by atoms with Gasteiger partial charge in [-0.2, -0.15) is 26.3 Å². The molecule has 0 amide bonds. The van der Waals surface area contributed by atoms with E-state index in [0.29, 0.717) is 22.4 Å². The number of alkyl halides is 6. The molecule has 0 radical (unpaired) electrons. The second kappa shape index (κ2) is 20.7. The zero-order chi connectivity index (χ0) is 48.9. The highest BCUT2D eigenvalue weighted by Crippen LogP contribution is 2.51. The Labute approximate surface area is 401 Å². The number of hydrogen-bond acceptors (Lipinski definition) is 7. The Balaban J connectivity index is 0.000000189. The number of nitrogens with zero attached hydrogens (tertiary/aromatic N) is 2. The summed E-state index contributed by atoms with van der Waals surface area (Å²) in [6.07, 6.45) is -10.8. The molecular formula is C47H30Cl5F8N3O4. The van der Waals surface area contributed by atoms with Gasteiger partial charge in [-0.05, 0) is 102 Å². The van der Waals surface area contributed by atoms with E-state index in [1.165, 1.54) is 60.7 Å². The Morgan fingerprint density at radius 1 is 0.567 bits per heavy atom. The first-order valence-corrected chi connectivity index (χ1v) is 21.1. The summed E-state index contributed by atoms with van der Waals surface area (Å²) in [4.78, 5) is 32.8. The van der Waals surface area contributed by atoms with Crippen molar-refractivity contribution in [1.82, 2.24) is 0 Å². The SMILES string of the molecule is Nc1cccc(C2=NOC(c3cc(Cl)cc(Cl)c3)(C(F)(F)F)C2)c1.O=C(Cc1cccc(C2=NOC(c3cc(Cl)cc(Cl)c3)(C(F)(F)F)C2)c1)c1ccccc1F.O=C(Cl)c1ccccc1F. The lowest BCUT2D eigenvalue weighted by atomic mass is 9.86. The molecule has 0 bridgehead atoms. The molecule has 67 heavy (non-hydrogen) atoms. The zero-order valence-corrected chi connectivity index (χ0v) is 37.6. The van der Waals surface area contributed by atoms with Gasteiger partial charge < -0.3 is 15.4 Å². The Hall–Kier alpha value is -5.71. The molecule has 2 heterocycles. The van der Waals surface area contributed by atoms with Crippen LogP contribution in [0.1, 0.15) is 61.4 Å². The Morgan fingerprint density at radius 2 is 0.985 bits per heavy atom. The van der Waals surface area contributed by atoms with Gasteiger partial charge in [-0.3, -0.25) is 9.59 Å². The van der Waals surface area contributed by atoms with Crippen molar-refractivity contribution in [3.05, 3.63) is 204 Å². The van der Waals surface area contributed by atoms with Crippen LogP contribution in [0.15, 0.2) is 144 Å². The Kier molecular flexibility index (Phi) is 15.6. The molecule has 7 nitrogen and oxygen atoms in total. The fourth-order valence-electron chi connectivity index (χ4n) is 6.86. The fraction of sp³-hybridized carbons (Fsp3) is 0.149. The molecular weight excluding hydrogens is 1000 g/mol. The number of benzene rings is 6. The second-order valence-corrected chi connectivity index (χ2v) is 16.8. The van der Waals surface area contributed by atoms with Gasteiger partial charge in [-0.25, -0.2) is 8.78 Å². The van der Waals surface area contributed by atoms with Crippen molar-refractivity contribution < 1.29 is 54.4 Å². The molecule has 0 aromatic heterocycles. The third-order valence-corrected chi connectivity index (χ3v) is 11.2. The molecule has 8 rings (SSSR count). The van der Waals surface area contributed by atoms with Crippen molar-refractivity contribution >= 4 is 86.1 Å². The standard InChI is InChI=1S/C24H15Cl2F4NO2.C16H11Cl2F3N2O.C7H4ClFO/c25-17-10-16(11-18(26)12-17)23(24(28,29)30)13-21(31-33-23)15-5-3-4-14(8-15)9-22(32)19-6-1-2-7-20(19)27;17-11-5-10(6-12(18)7-11)15(16(19,20)21)8-14(23-24-15)9-2-1-3-13(22)4-9;8-7(10)5-3-1-2-4-6(5)9/h1-8,10-12H,9,13H2;1-7H,8,22H2;1-4H. The van der Waals surface area contributed by atoms with Crippen LogP contribution < -0.4 is 5.73 Å². The minimum absolute atomic E-state index is 0.0341. The molecule has 0 spiro atoms. The van der Waals surface area contributed by atoms with Crippen LogP contribution in [0.2, 0.25) is 20.1 Å². The van der Waals surface area contributed by atoms with E-state index in [9.17, 15) is 44.7 Å². The number of nitrogens with two attached hydrogens (primary N) is 1. The summed E-state index contributed by atoms with van der Waals surface area (Å²) in [7, 11) is 0. The van der Waals surface area contributed by atoms with E-state index in [2.05, 4.69) is 10.3 Å². The first kappa shape index (κ1) is 50.7. The van der Waals surface area contributed by atoms with Gasteiger partial charge in [0.15, 0.2) is 5.78 Å². The van der Waals surface area contributed by atoms with Crippen molar-refractivity contribution in [2.75, 3.05) is 5.73 Å². The summed E-state index contributed by atoms with van der Waals surface area (Å²) < 4.78 is 110. The van der Waals surface area contributed by atoms with Gasteiger partial charge in [0, 0.05) is 61.7 Å². The van der Waals surface area contributed by atoms with Gasteiger partial charge in [-0.15, -0.1) is 0 Å². The number of halogens is 13. The topological polar surface area (TPSA) is 103 Å². The summed E-state index contributed by atoms with van der Waals surface area (Å²) in [6, 6.07) is 31.3. The number of oxime groups is 2. The van der Waals surface area contributed by atoms with E-state index in [-0.39, 0.29) is 60.2 Å². The van der Waals surface area contributed by atoms with E-state index < -0.39 is 59.1 Å². The third-order valence-electron chi connectivity index (χ3n) is 10.1. The quantitative estimate of drug-likeness (QED) is 0.0708. The lowest BCUT2D eigenvalue weighted by Gasteiger charge is -2.29. The van der Waals surface area contributed by atoms with Crippen molar-refractivity contribution in [1.29, 1.82) is 0 Å². The molecule has 2 unspecified atom stereocenters. The third kappa shape index (κ3) is 11.7. The molecule has 2 aliphatic heterocycles. The fourth-order valence-corrected chi connectivity index (χ4v) is 8.06. The Morgan fingerprint density at radius 3 is 1.39 bits per heavy atom. The summed E-state index contributed by atoms with van der Waals surface area (Å²) in [5, 5.41) is 6.85. The van der Waals surface area contributed by atoms with Crippen LogP contribution in [-0.4, -0.2) is 34.8 Å². The maximum atomic E-state index is 14.2. The average molecular weight is 1030 g/mol. The van der Waals surface area contributed by atoms with Gasteiger partial charge in [0.2, 0.25) is 0 Å². The number of anilines is 1. The normalized spacial score (nSPS) is 17.7. The maximum absolute atomic E-state index is 14.2. The summed E-state index contributed by atoms with van der Waals surface area (Å²) in [5.41, 5.74) is 1.62. The van der Waals surface area contributed by atoms with E-state index in [0.717, 1.165) is 12.1 Å². The smallest absolute Gasteiger partial charge is 0.399 e. The molecule has 6 aromatic carbocycles. The van der Waals surface area contributed by atoms with Crippen molar-refractivity contribution in [3.63, 3.8) is 0 Å². The van der Waals surface area contributed by atoms with Crippen LogP contribution >= 0.6 is 58.0 Å². The maximum Gasteiger partial charge on any atom is 0.435 e. The second-order valence-electron chi connectivity index (χ2n) is 14.7. The van der Waals surface area contributed by atoms with Crippen LogP contribution in [-0.2, 0) is 27.3 Å². The average Bonchev–Trinajstić information content (AvgIpc) is 3.93. The zero-order valence-electron chi connectivity index (χ0n) is 33.8. The van der Waals surface area contributed by atoms with Crippen LogP contribution in [0.4, 0.5) is 40.8 Å². The first-order chi connectivity index (χ1) is 31.5. The predicted molar refractivity (Wildman–Crippen MR) is 241 cm³/mol. The minimum Gasteiger partial charge on any atom is -0.399 e. The number of hydrogen-bond donors (Lipinski definition) is 1. The number of ketones is 1. The number of carbonyl (C=O) groups excluding carboxylic acids is 2. The van der Waals surface area contributed by atoms with Gasteiger partial charge >= 0.3 is 12.4 Å². The van der Waals surface area contributed by atoms with Crippen LogP contribution in [0.3, 0.4) is 0 Å². The molecule has 2 N–H and O–H groups in total. The number of nitrogen functional groups attached to an aromatic ring is 1. The highest BCUT2D eigenvalue weighted by molar-refractivity contribution is 6.67. The molecule has 348 valence electrons. The molecule has 2 atom stereocenters. The molecule has 0 saturated carbocycles. The van der Waals surface area contributed by atoms with E-state index in [4.69, 9.17) is 73.4 Å². The lowest BCUT2D eigenvalue weighted by molar-refractivity contribution is -0.276. The number of carbonyl (C=O) groups is 2. The summed E-state index contributed by atoms with van der Waals surface area (Å²) in [6.45, 7) is 0. The van der Waals surface area contributed by atoms with E-state index in [1.807, 2.05) is 0 Å². The lowest BCUT2D eigenvalue weighted by Crippen LogP contribution is -2.42. The molecule has 0 aliphatic carbocycles. The van der Waals surface area contributed by atoms with Gasteiger partial charge in [0.05, 0.1) is 22.6 Å². The predicted octanol–water partition coefficient (Wildman–Crippen LogP) is 14.5.